The van der Waals surface area contributed by atoms with Crippen LogP contribution in [0.3, 0.4) is 0 Å². The van der Waals surface area contributed by atoms with E-state index < -0.39 is 38.5 Å². The third kappa shape index (κ3) is 6.48. The first-order chi connectivity index (χ1) is 18.6. The van der Waals surface area contributed by atoms with Crippen molar-refractivity contribution in [2.45, 2.75) is 34.8 Å². The molecule has 0 saturated carbocycles. The summed E-state index contributed by atoms with van der Waals surface area (Å²) >= 11 is -0.629. The van der Waals surface area contributed by atoms with Gasteiger partial charge in [0, 0.05) is 0 Å². The van der Waals surface area contributed by atoms with Gasteiger partial charge in [0.25, 0.3) is 0 Å². The monoisotopic (exact) mass is 993 g/mol. The number of nitrogens with one attached hydrogen (secondary N) is 1. The second-order valence-electron chi connectivity index (χ2n) is 11.5. The van der Waals surface area contributed by atoms with Crippen molar-refractivity contribution >= 4 is 116 Å². The van der Waals surface area contributed by atoms with Gasteiger partial charge in [-0.2, -0.15) is 0 Å². The molecule has 0 aliphatic carbocycles. The van der Waals surface area contributed by atoms with Crippen LogP contribution in [0.4, 0.5) is 27.5 Å². The van der Waals surface area contributed by atoms with Crippen LogP contribution in [0.1, 0.15) is 37.5 Å². The summed E-state index contributed by atoms with van der Waals surface area (Å²) in [5, 5.41) is 3.75. The van der Waals surface area contributed by atoms with E-state index in [9.17, 15) is 4.39 Å². The van der Waals surface area contributed by atoms with Crippen molar-refractivity contribution in [2.24, 2.45) is 0 Å². The van der Waals surface area contributed by atoms with E-state index in [-0.39, 0.29) is 5.41 Å². The summed E-state index contributed by atoms with van der Waals surface area (Å²) in [5.41, 5.74) is 5.44. The van der Waals surface area contributed by atoms with Crippen LogP contribution in [-0.4, -0.2) is 52.1 Å². The first-order valence-corrected chi connectivity index (χ1v) is 25.0. The summed E-state index contributed by atoms with van der Waals surface area (Å²) in [7, 11) is 0. The molecule has 1 fully saturated rings. The standard InChI is InChI=1S/C30H36FI4N5/c1-20-8-9-22(29(2,3)4)18-24(20)36-27-25-26(34(5)19-35(25,6)7)37-28(38-27)40-16-14-39(15-17-40)23-12-10-21(11-13-23)30(31,32)33/h8-13,18-19H,5-6,14-17H2,1-4,7H3,(H,36,37,38). The van der Waals surface area contributed by atoms with E-state index in [4.69, 9.17) is 14.5 Å². The van der Waals surface area contributed by atoms with Crippen LogP contribution in [0.5, 0.6) is 0 Å². The molecule has 0 radical (unpaired) electrons. The van der Waals surface area contributed by atoms with Crippen molar-refractivity contribution in [2.75, 3.05) is 46.2 Å². The molecule has 40 heavy (non-hydrogen) atoms. The fourth-order valence-electron chi connectivity index (χ4n) is 4.85. The molecular weight excluding hydrogens is 957 g/mol. The Morgan fingerprint density at radius 3 is 2.17 bits per heavy atom. The number of hydrogen-bond donors (Lipinski definition) is 1. The quantitative estimate of drug-likeness (QED) is 0.159. The molecule has 0 spiro atoms. The molecule has 10 heteroatoms. The second-order valence-corrected chi connectivity index (χ2v) is 30.6. The number of aromatic nitrogens is 2. The van der Waals surface area contributed by atoms with Gasteiger partial charge in [-0.15, -0.1) is 0 Å². The zero-order chi connectivity index (χ0) is 29.0. The van der Waals surface area contributed by atoms with Gasteiger partial charge in [0.1, 0.15) is 0 Å². The van der Waals surface area contributed by atoms with Gasteiger partial charge in [0.15, 0.2) is 0 Å². The zero-order valence-electron chi connectivity index (χ0n) is 23.5. The molecule has 2 aliphatic rings. The SMILES string of the molecule is C=I1=CI(=C)(C)c2c(Nc3cc(C(C)(C)C)ccc3C)nc(N3CCN(c4ccc(C(F)(I)I)cc4)CC3)nc21. The maximum atomic E-state index is 14.3. The molecule has 3 aromatic rings. The Morgan fingerprint density at radius 1 is 0.975 bits per heavy atom. The van der Waals surface area contributed by atoms with Crippen LogP contribution in [0, 0.1) is 14.2 Å². The van der Waals surface area contributed by atoms with Crippen LogP contribution in [0.25, 0.3) is 0 Å². The topological polar surface area (TPSA) is 44.3 Å². The fraction of sp³-hybridized carbons (Fsp3) is 0.367. The molecule has 3 heterocycles. The van der Waals surface area contributed by atoms with Crippen LogP contribution in [0.2, 0.25) is 0 Å². The second kappa shape index (κ2) is 11.5. The number of aryl methyl sites for hydroxylation is 1. The van der Waals surface area contributed by atoms with E-state index in [1.807, 2.05) is 69.4 Å². The number of nitrogens with zero attached hydrogens (tertiary/aromatic N) is 4. The van der Waals surface area contributed by atoms with Gasteiger partial charge >= 0.3 is 227 Å². The summed E-state index contributed by atoms with van der Waals surface area (Å²) in [6.45, 7) is 12.2. The van der Waals surface area contributed by atoms with Crippen LogP contribution >= 0.6 is 82.0 Å². The Hall–Kier alpha value is -0.620. The van der Waals surface area contributed by atoms with Gasteiger partial charge in [0.2, 0.25) is 1.68 Å². The van der Waals surface area contributed by atoms with Gasteiger partial charge in [-0.1, -0.05) is 0 Å². The Labute approximate surface area is 274 Å². The van der Waals surface area contributed by atoms with Crippen molar-refractivity contribution in [1.82, 2.24) is 9.97 Å². The van der Waals surface area contributed by atoms with Crippen molar-refractivity contribution in [3.05, 3.63) is 66.4 Å². The molecule has 5 nitrogen and oxygen atoms in total. The summed E-state index contributed by atoms with van der Waals surface area (Å²) in [6, 6.07) is 14.5. The molecule has 2 aliphatic heterocycles. The molecule has 2 aromatic carbocycles. The summed E-state index contributed by atoms with van der Waals surface area (Å²) in [4.78, 5) is 17.3. The molecule has 1 aromatic heterocycles. The van der Waals surface area contributed by atoms with Crippen molar-refractivity contribution in [3.63, 3.8) is 0 Å². The van der Waals surface area contributed by atoms with Crippen LogP contribution in [0.15, 0.2) is 42.5 Å². The Bertz CT molecular complexity index is 1570. The molecule has 1 saturated heterocycles. The van der Waals surface area contributed by atoms with E-state index in [0.717, 1.165) is 49.3 Å². The summed E-state index contributed by atoms with van der Waals surface area (Å²) < 4.78 is 27.1. The molecular formula is C30H36FI4N5. The number of halogens is 5. The first-order valence-electron chi connectivity index (χ1n) is 13.0. The fourth-order valence-corrected chi connectivity index (χ4v) is 27.6. The number of rotatable bonds is 5. The molecule has 1 atom stereocenters. The van der Waals surface area contributed by atoms with Gasteiger partial charge in [-0.25, -0.2) is 4.39 Å². The van der Waals surface area contributed by atoms with E-state index in [1.165, 1.54) is 18.4 Å². The van der Waals surface area contributed by atoms with Gasteiger partial charge < -0.3 is 0 Å². The number of anilines is 4. The van der Waals surface area contributed by atoms with Crippen molar-refractivity contribution < 1.29 is 4.39 Å². The third-order valence-corrected chi connectivity index (χ3v) is 27.5. The number of benzene rings is 2. The Balaban J connectivity index is 1.44. The van der Waals surface area contributed by atoms with Crippen LogP contribution in [-0.2, 0) is 7.10 Å². The Morgan fingerprint density at radius 2 is 1.57 bits per heavy atom. The van der Waals surface area contributed by atoms with E-state index in [0.29, 0.717) is 5.56 Å². The third-order valence-electron chi connectivity index (χ3n) is 7.22. The van der Waals surface area contributed by atoms with Gasteiger partial charge in [0.05, 0.1) is 0 Å². The predicted octanol–water partition coefficient (Wildman–Crippen LogP) is 8.26. The van der Waals surface area contributed by atoms with E-state index in [1.54, 1.807) is 0 Å². The van der Waals surface area contributed by atoms with Gasteiger partial charge in [-0.05, 0) is 45.2 Å². The summed E-state index contributed by atoms with van der Waals surface area (Å²) in [5.74, 6) is 1.71. The van der Waals surface area contributed by atoms with E-state index >= 15 is 0 Å². The van der Waals surface area contributed by atoms with Crippen molar-refractivity contribution in [3.8, 4) is 0 Å². The predicted molar refractivity (Wildman–Crippen MR) is 209 cm³/mol. The molecule has 1 unspecified atom stereocenters. The number of alkyl halides is 4. The molecule has 5 rings (SSSR count). The normalized spacial score (nSPS) is 21.5. The molecule has 0 amide bonds. The first kappa shape index (κ1) is 30.8. The maximum absolute atomic E-state index is 14.3. The van der Waals surface area contributed by atoms with E-state index in [2.05, 4.69) is 72.5 Å². The number of hydrogen-bond acceptors (Lipinski definition) is 5. The molecule has 216 valence electrons. The average Bonchev–Trinajstić information content (AvgIpc) is 3.12. The molecule has 0 bridgehead atoms. The zero-order valence-corrected chi connectivity index (χ0v) is 32.2. The number of fused-ring (bicyclic) bond motifs is 1. The number of piperazine rings is 1. The Kier molecular flexibility index (Phi) is 8.84. The summed E-state index contributed by atoms with van der Waals surface area (Å²) in [6.07, 6.45) is 0. The minimum atomic E-state index is -2.54. The van der Waals surface area contributed by atoms with Crippen LogP contribution < -0.4 is 15.1 Å². The minimum absolute atomic E-state index is 0.0580. The molecule has 1 N–H and O–H groups in total. The van der Waals surface area contributed by atoms with Crippen molar-refractivity contribution in [1.29, 1.82) is 0 Å². The average molecular weight is 993 g/mol. The van der Waals surface area contributed by atoms with Gasteiger partial charge in [-0.3, -0.25) is 0 Å².